The van der Waals surface area contributed by atoms with E-state index < -0.39 is 5.69 Å². The minimum Gasteiger partial charge on any atom is -0.365 e. The number of nitrogens with one attached hydrogen (secondary N) is 3. The monoisotopic (exact) mass is 391 g/mol. The summed E-state index contributed by atoms with van der Waals surface area (Å²) in [5.41, 5.74) is 0.278. The maximum Gasteiger partial charge on any atom is 0.327 e. The van der Waals surface area contributed by atoms with Crippen molar-refractivity contribution in [3.05, 3.63) is 49.2 Å². The number of rotatable bonds is 4. The van der Waals surface area contributed by atoms with Gasteiger partial charge in [0.2, 0.25) is 0 Å². The first-order valence-corrected chi connectivity index (χ1v) is 8.89. The standard InChI is InChI=1S/C16H18BrN5O2/c17-11-3-4-12(19-15(11)9-1-2-9)18-10-5-6-22(8-10)13-7-14(23)21-16(24)20-13/h3-4,7,9-10H,1-2,5-6,8H2,(H,18,19)(H2,20,21,23,24)/t10-/m1/s1. The highest BCUT2D eigenvalue weighted by Crippen LogP contribution is 2.42. The van der Waals surface area contributed by atoms with Crippen LogP contribution in [0.3, 0.4) is 0 Å². The second-order valence-corrected chi connectivity index (χ2v) is 7.24. The topological polar surface area (TPSA) is 93.9 Å². The highest BCUT2D eigenvalue weighted by Gasteiger charge is 2.28. The largest absolute Gasteiger partial charge is 0.365 e. The highest BCUT2D eigenvalue weighted by atomic mass is 79.9. The molecule has 0 spiro atoms. The van der Waals surface area contributed by atoms with E-state index in [-0.39, 0.29) is 11.6 Å². The molecule has 1 saturated heterocycles. The second-order valence-electron chi connectivity index (χ2n) is 6.39. The minimum atomic E-state index is -0.474. The van der Waals surface area contributed by atoms with E-state index in [1.54, 1.807) is 0 Å². The molecule has 2 aromatic heterocycles. The van der Waals surface area contributed by atoms with Crippen molar-refractivity contribution < 1.29 is 0 Å². The van der Waals surface area contributed by atoms with Crippen LogP contribution < -0.4 is 21.5 Å². The molecule has 0 amide bonds. The minimum absolute atomic E-state index is 0.230. The Morgan fingerprint density at radius 3 is 2.79 bits per heavy atom. The van der Waals surface area contributed by atoms with E-state index in [9.17, 15) is 9.59 Å². The number of halogens is 1. The van der Waals surface area contributed by atoms with Crippen molar-refractivity contribution in [2.45, 2.75) is 31.2 Å². The third kappa shape index (κ3) is 3.24. The molecular formula is C16H18BrN5O2. The molecule has 1 aliphatic carbocycles. The molecule has 8 heteroatoms. The van der Waals surface area contributed by atoms with Gasteiger partial charge in [0.15, 0.2) is 0 Å². The summed E-state index contributed by atoms with van der Waals surface area (Å²) in [7, 11) is 0. The van der Waals surface area contributed by atoms with Crippen molar-refractivity contribution in [1.82, 2.24) is 15.0 Å². The maximum absolute atomic E-state index is 11.4. The molecule has 0 unspecified atom stereocenters. The Bertz CT molecular complexity index is 845. The highest BCUT2D eigenvalue weighted by molar-refractivity contribution is 9.10. The lowest BCUT2D eigenvalue weighted by Crippen LogP contribution is -2.31. The zero-order valence-corrected chi connectivity index (χ0v) is 14.6. The third-order valence-corrected chi connectivity index (χ3v) is 5.13. The van der Waals surface area contributed by atoms with Gasteiger partial charge in [-0.25, -0.2) is 9.78 Å². The van der Waals surface area contributed by atoms with Crippen LogP contribution in [0.2, 0.25) is 0 Å². The Balaban J connectivity index is 1.46. The van der Waals surface area contributed by atoms with Gasteiger partial charge in [-0.3, -0.25) is 14.8 Å². The fourth-order valence-electron chi connectivity index (χ4n) is 3.11. The number of hydrogen-bond donors (Lipinski definition) is 3. The normalized spacial score (nSPS) is 20.4. The van der Waals surface area contributed by atoms with E-state index in [2.05, 4.69) is 31.2 Å². The van der Waals surface area contributed by atoms with Gasteiger partial charge in [0.25, 0.3) is 5.56 Å². The van der Waals surface area contributed by atoms with Crippen molar-refractivity contribution >= 4 is 27.6 Å². The van der Waals surface area contributed by atoms with Crippen LogP contribution >= 0.6 is 15.9 Å². The molecule has 0 aromatic carbocycles. The Kier molecular flexibility index (Phi) is 3.91. The van der Waals surface area contributed by atoms with Gasteiger partial charge < -0.3 is 10.2 Å². The molecule has 4 rings (SSSR count). The molecule has 1 atom stereocenters. The quantitative estimate of drug-likeness (QED) is 0.738. The average Bonchev–Trinajstić information content (AvgIpc) is 3.27. The number of H-pyrrole nitrogens is 2. The Hall–Kier alpha value is -2.09. The van der Waals surface area contributed by atoms with Crippen LogP contribution in [0, 0.1) is 0 Å². The zero-order valence-electron chi connectivity index (χ0n) is 13.0. The lowest BCUT2D eigenvalue weighted by atomic mass is 10.2. The summed E-state index contributed by atoms with van der Waals surface area (Å²) < 4.78 is 1.07. The SMILES string of the molecule is O=c1cc(N2CC[C@@H](Nc3ccc(Br)c(C4CC4)n3)C2)[nH]c(=O)[nH]1. The number of aromatic nitrogens is 3. The summed E-state index contributed by atoms with van der Waals surface area (Å²) in [5.74, 6) is 2.03. The Morgan fingerprint density at radius 2 is 2.04 bits per heavy atom. The van der Waals surface area contributed by atoms with Crippen molar-refractivity contribution in [1.29, 1.82) is 0 Å². The third-order valence-electron chi connectivity index (χ3n) is 4.46. The first kappa shape index (κ1) is 15.4. The van der Waals surface area contributed by atoms with E-state index in [1.165, 1.54) is 18.9 Å². The van der Waals surface area contributed by atoms with E-state index >= 15 is 0 Å². The van der Waals surface area contributed by atoms with Gasteiger partial charge in [0, 0.05) is 35.6 Å². The number of anilines is 2. The lowest BCUT2D eigenvalue weighted by molar-refractivity contribution is 0.796. The average molecular weight is 392 g/mol. The van der Waals surface area contributed by atoms with Crippen molar-refractivity contribution in [3.8, 4) is 0 Å². The molecule has 1 aliphatic heterocycles. The number of hydrogen-bond acceptors (Lipinski definition) is 5. The summed E-state index contributed by atoms with van der Waals surface area (Å²) in [6.07, 6.45) is 3.34. The van der Waals surface area contributed by atoms with Crippen LogP contribution in [-0.2, 0) is 0 Å². The summed E-state index contributed by atoms with van der Waals surface area (Å²) in [4.78, 5) is 34.5. The van der Waals surface area contributed by atoms with Crippen LogP contribution in [0.1, 0.15) is 30.9 Å². The molecule has 7 nitrogen and oxygen atoms in total. The molecule has 2 aliphatic rings. The fourth-order valence-corrected chi connectivity index (χ4v) is 3.66. The molecular weight excluding hydrogens is 374 g/mol. The van der Waals surface area contributed by atoms with Gasteiger partial charge in [-0.15, -0.1) is 0 Å². The second kappa shape index (κ2) is 6.08. The maximum atomic E-state index is 11.4. The lowest BCUT2D eigenvalue weighted by Gasteiger charge is -2.18. The van der Waals surface area contributed by atoms with Gasteiger partial charge in [-0.05, 0) is 47.3 Å². The van der Waals surface area contributed by atoms with Crippen LogP contribution in [-0.4, -0.2) is 34.1 Å². The molecule has 0 bridgehead atoms. The van der Waals surface area contributed by atoms with E-state index in [4.69, 9.17) is 4.98 Å². The van der Waals surface area contributed by atoms with Gasteiger partial charge in [-0.1, -0.05) is 0 Å². The van der Waals surface area contributed by atoms with Gasteiger partial charge in [0.05, 0.1) is 5.69 Å². The van der Waals surface area contributed by atoms with E-state index in [0.29, 0.717) is 11.7 Å². The Morgan fingerprint density at radius 1 is 1.21 bits per heavy atom. The van der Waals surface area contributed by atoms with E-state index in [0.717, 1.165) is 35.5 Å². The van der Waals surface area contributed by atoms with Crippen molar-refractivity contribution in [3.63, 3.8) is 0 Å². The number of pyridine rings is 1. The summed E-state index contributed by atoms with van der Waals surface area (Å²) in [6, 6.07) is 5.68. The first-order chi connectivity index (χ1) is 11.6. The predicted molar refractivity (Wildman–Crippen MR) is 95.8 cm³/mol. The smallest absolute Gasteiger partial charge is 0.327 e. The zero-order chi connectivity index (χ0) is 16.7. The summed E-state index contributed by atoms with van der Waals surface area (Å²) >= 11 is 3.57. The number of aromatic amines is 2. The molecule has 24 heavy (non-hydrogen) atoms. The van der Waals surface area contributed by atoms with Crippen molar-refractivity contribution in [2.24, 2.45) is 0 Å². The molecule has 0 radical (unpaired) electrons. The molecule has 2 aromatic rings. The van der Waals surface area contributed by atoms with Gasteiger partial charge >= 0.3 is 5.69 Å². The van der Waals surface area contributed by atoms with Crippen LogP contribution in [0.4, 0.5) is 11.6 Å². The summed E-state index contributed by atoms with van der Waals surface area (Å²) in [6.45, 7) is 1.50. The van der Waals surface area contributed by atoms with Crippen LogP contribution in [0.5, 0.6) is 0 Å². The molecule has 2 fully saturated rings. The summed E-state index contributed by atoms with van der Waals surface area (Å²) in [5, 5.41) is 3.47. The first-order valence-electron chi connectivity index (χ1n) is 8.10. The van der Waals surface area contributed by atoms with Crippen molar-refractivity contribution in [2.75, 3.05) is 23.3 Å². The predicted octanol–water partition coefficient (Wildman–Crippen LogP) is 1.79. The molecule has 3 N–H and O–H groups in total. The molecule has 3 heterocycles. The van der Waals surface area contributed by atoms with E-state index in [1.807, 2.05) is 17.0 Å². The Labute approximate surface area is 146 Å². The fraction of sp³-hybridized carbons (Fsp3) is 0.438. The van der Waals surface area contributed by atoms with Crippen LogP contribution in [0.25, 0.3) is 0 Å². The molecule has 1 saturated carbocycles. The molecule has 126 valence electrons. The van der Waals surface area contributed by atoms with Crippen LogP contribution in [0.15, 0.2) is 32.3 Å². The van der Waals surface area contributed by atoms with Gasteiger partial charge in [0.1, 0.15) is 11.6 Å². The van der Waals surface area contributed by atoms with Gasteiger partial charge in [-0.2, -0.15) is 0 Å². The number of nitrogens with zero attached hydrogens (tertiary/aromatic N) is 2.